The molecule has 1 heteroatoms. The van der Waals surface area contributed by atoms with E-state index in [1.54, 1.807) is 11.5 Å². The van der Waals surface area contributed by atoms with E-state index in [0.717, 1.165) is 0 Å². The number of hydrogen-bond acceptors (Lipinski definition) is 0. The van der Waals surface area contributed by atoms with Crippen molar-refractivity contribution in [3.63, 3.8) is 0 Å². The Hall–Kier alpha value is -1.16. The smallest absolute Gasteiger partial charge is 0.0786 e. The first-order chi connectivity index (χ1) is 3.93. The minimum absolute atomic E-state index is 1.69. The van der Waals surface area contributed by atoms with Crippen molar-refractivity contribution < 1.29 is 0 Å². The molecule has 1 heterocycles. The molecule has 0 N–H and O–H groups in total. The summed E-state index contributed by atoms with van der Waals surface area (Å²) in [5.41, 5.74) is 0. The van der Waals surface area contributed by atoms with Gasteiger partial charge in [0.15, 0.2) is 0 Å². The lowest BCUT2D eigenvalue weighted by Crippen LogP contribution is -1.78. The van der Waals surface area contributed by atoms with Crippen molar-refractivity contribution in [1.29, 1.82) is 0 Å². The molecule has 0 aliphatic rings. The van der Waals surface area contributed by atoms with Crippen LogP contribution in [0.2, 0.25) is 0 Å². The van der Waals surface area contributed by atoms with Gasteiger partial charge in [-0.05, 0) is 19.1 Å². The maximum Gasteiger partial charge on any atom is 0.0786 e. The van der Waals surface area contributed by atoms with Gasteiger partial charge in [-0.3, -0.25) is 4.57 Å². The van der Waals surface area contributed by atoms with Crippen molar-refractivity contribution >= 4 is 0 Å². The SMILES string of the molecule is CC#Cn1[c]ccc1. The van der Waals surface area contributed by atoms with E-state index in [9.17, 15) is 0 Å². The standard InChI is InChI=1S/C7H6N/c1-2-5-8-6-3-4-7-8/h3-4,6H,1H3. The van der Waals surface area contributed by atoms with Gasteiger partial charge in [-0.25, -0.2) is 0 Å². The highest BCUT2D eigenvalue weighted by atomic mass is 14.9. The molecule has 0 atom stereocenters. The summed E-state index contributed by atoms with van der Waals surface area (Å²) in [6.07, 6.45) is 4.74. The van der Waals surface area contributed by atoms with Crippen molar-refractivity contribution in [2.24, 2.45) is 0 Å². The lowest BCUT2D eigenvalue weighted by Gasteiger charge is -1.78. The van der Waals surface area contributed by atoms with E-state index in [1.165, 1.54) is 0 Å². The molecule has 0 aliphatic heterocycles. The van der Waals surface area contributed by atoms with Crippen molar-refractivity contribution in [3.8, 4) is 12.0 Å². The van der Waals surface area contributed by atoms with Crippen LogP contribution in [0, 0.1) is 18.2 Å². The second kappa shape index (κ2) is 2.23. The molecule has 0 spiro atoms. The second-order valence-electron chi connectivity index (χ2n) is 1.37. The van der Waals surface area contributed by atoms with E-state index in [2.05, 4.69) is 18.2 Å². The van der Waals surface area contributed by atoms with Crippen LogP contribution < -0.4 is 0 Å². The van der Waals surface area contributed by atoms with Gasteiger partial charge in [0.05, 0.1) is 6.20 Å². The summed E-state index contributed by atoms with van der Waals surface area (Å²) in [5, 5.41) is 0. The second-order valence-corrected chi connectivity index (χ2v) is 1.37. The fraction of sp³-hybridized carbons (Fsp3) is 0.143. The minimum atomic E-state index is 1.69. The van der Waals surface area contributed by atoms with E-state index in [4.69, 9.17) is 0 Å². The normalized spacial score (nSPS) is 7.62. The maximum absolute atomic E-state index is 2.88. The summed E-state index contributed by atoms with van der Waals surface area (Å²) in [6.45, 7) is 1.80. The highest BCUT2D eigenvalue weighted by molar-refractivity contribution is 5.03. The monoisotopic (exact) mass is 104 g/mol. The lowest BCUT2D eigenvalue weighted by atomic mass is 10.7. The van der Waals surface area contributed by atoms with Crippen LogP contribution in [-0.2, 0) is 0 Å². The van der Waals surface area contributed by atoms with Crippen molar-refractivity contribution in [1.82, 2.24) is 4.57 Å². The predicted octanol–water partition coefficient (Wildman–Crippen LogP) is 1.12. The zero-order valence-electron chi connectivity index (χ0n) is 4.68. The predicted molar refractivity (Wildman–Crippen MR) is 32.1 cm³/mol. The highest BCUT2D eigenvalue weighted by Gasteiger charge is 1.75. The van der Waals surface area contributed by atoms with Gasteiger partial charge in [0, 0.05) is 12.2 Å². The molecular formula is C7H6N. The van der Waals surface area contributed by atoms with Gasteiger partial charge in [0.25, 0.3) is 0 Å². The van der Waals surface area contributed by atoms with Crippen LogP contribution in [0.4, 0.5) is 0 Å². The molecule has 0 fully saturated rings. The largest absolute Gasteiger partial charge is 0.275 e. The quantitative estimate of drug-likeness (QED) is 0.434. The van der Waals surface area contributed by atoms with E-state index in [0.29, 0.717) is 0 Å². The van der Waals surface area contributed by atoms with Gasteiger partial charge in [-0.1, -0.05) is 5.92 Å². The number of nitrogens with zero attached hydrogens (tertiary/aromatic N) is 1. The molecule has 0 aliphatic carbocycles. The Bertz CT molecular complexity index is 198. The van der Waals surface area contributed by atoms with Crippen molar-refractivity contribution in [2.75, 3.05) is 0 Å². The molecule has 8 heavy (non-hydrogen) atoms. The van der Waals surface area contributed by atoms with Crippen LogP contribution in [0.1, 0.15) is 6.92 Å². The molecule has 0 saturated carbocycles. The third kappa shape index (κ3) is 0.913. The molecule has 0 aromatic carbocycles. The average Bonchev–Trinajstić information content (AvgIpc) is 2.19. The molecule has 39 valence electrons. The Morgan fingerprint density at radius 2 is 2.50 bits per heavy atom. The molecule has 1 aromatic rings. The molecule has 0 amide bonds. The van der Waals surface area contributed by atoms with E-state index in [1.807, 2.05) is 18.3 Å². The first kappa shape index (κ1) is 4.99. The fourth-order valence-electron chi connectivity index (χ4n) is 0.485. The summed E-state index contributed by atoms with van der Waals surface area (Å²) in [7, 11) is 0. The van der Waals surface area contributed by atoms with Crippen molar-refractivity contribution in [3.05, 3.63) is 24.5 Å². The van der Waals surface area contributed by atoms with Crippen molar-refractivity contribution in [2.45, 2.75) is 6.92 Å². The number of rotatable bonds is 0. The van der Waals surface area contributed by atoms with E-state index >= 15 is 0 Å². The Labute approximate surface area is 48.9 Å². The Morgan fingerprint density at radius 1 is 1.62 bits per heavy atom. The van der Waals surface area contributed by atoms with Gasteiger partial charge in [-0.2, -0.15) is 0 Å². The molecule has 1 nitrogen and oxygen atoms in total. The number of hydrogen-bond donors (Lipinski definition) is 0. The molecule has 1 radical (unpaired) electrons. The van der Waals surface area contributed by atoms with Crippen LogP contribution in [0.5, 0.6) is 0 Å². The average molecular weight is 104 g/mol. The Balaban J connectivity index is 2.88. The maximum atomic E-state index is 2.88. The van der Waals surface area contributed by atoms with Gasteiger partial charge < -0.3 is 0 Å². The molecule has 0 unspecified atom stereocenters. The number of aromatic nitrogens is 1. The molecule has 1 rings (SSSR count). The third-order valence-electron chi connectivity index (χ3n) is 0.777. The first-order valence-electron chi connectivity index (χ1n) is 2.41. The fourth-order valence-corrected chi connectivity index (χ4v) is 0.485. The van der Waals surface area contributed by atoms with Gasteiger partial charge in [0.2, 0.25) is 0 Å². The summed E-state index contributed by atoms with van der Waals surface area (Å²) < 4.78 is 1.69. The molecule has 1 aromatic heterocycles. The third-order valence-corrected chi connectivity index (χ3v) is 0.777. The van der Waals surface area contributed by atoms with Crippen LogP contribution in [0.3, 0.4) is 0 Å². The summed E-state index contributed by atoms with van der Waals surface area (Å²) >= 11 is 0. The zero-order valence-corrected chi connectivity index (χ0v) is 4.68. The summed E-state index contributed by atoms with van der Waals surface area (Å²) in [4.78, 5) is 0. The molecule has 0 bridgehead atoms. The highest BCUT2D eigenvalue weighted by Crippen LogP contribution is 1.82. The zero-order chi connectivity index (χ0) is 5.82. The summed E-state index contributed by atoms with van der Waals surface area (Å²) in [5.74, 6) is 2.75. The van der Waals surface area contributed by atoms with Crippen LogP contribution in [0.15, 0.2) is 18.3 Å². The van der Waals surface area contributed by atoms with Gasteiger partial charge in [0.1, 0.15) is 0 Å². The van der Waals surface area contributed by atoms with E-state index < -0.39 is 0 Å². The van der Waals surface area contributed by atoms with E-state index in [-0.39, 0.29) is 0 Å². The first-order valence-corrected chi connectivity index (χ1v) is 2.41. The molecular weight excluding hydrogens is 98.1 g/mol. The Morgan fingerprint density at radius 3 is 3.00 bits per heavy atom. The topological polar surface area (TPSA) is 4.93 Å². The van der Waals surface area contributed by atoms with Gasteiger partial charge in [-0.15, -0.1) is 0 Å². The minimum Gasteiger partial charge on any atom is -0.275 e. The molecule has 0 saturated heterocycles. The van der Waals surface area contributed by atoms with Crippen LogP contribution in [0.25, 0.3) is 0 Å². The Kier molecular flexibility index (Phi) is 1.39. The van der Waals surface area contributed by atoms with Crippen LogP contribution in [-0.4, -0.2) is 4.57 Å². The van der Waals surface area contributed by atoms with Crippen LogP contribution >= 0.6 is 0 Å². The lowest BCUT2D eigenvalue weighted by molar-refractivity contribution is 1.13. The van der Waals surface area contributed by atoms with Gasteiger partial charge >= 0.3 is 0 Å². The summed E-state index contributed by atoms with van der Waals surface area (Å²) in [6, 6.07) is 6.52.